The van der Waals surface area contributed by atoms with Crippen LogP contribution in [0.3, 0.4) is 0 Å². The third-order valence-electron chi connectivity index (χ3n) is 1.91. The van der Waals surface area contributed by atoms with E-state index in [9.17, 15) is 0 Å². The second-order valence-corrected chi connectivity index (χ2v) is 3.03. The molecule has 0 bridgehead atoms. The second-order valence-electron chi connectivity index (χ2n) is 2.56. The van der Waals surface area contributed by atoms with Crippen molar-refractivity contribution in [1.82, 2.24) is 10.9 Å². The Balaban J connectivity index is 2.23. The van der Waals surface area contributed by atoms with Crippen molar-refractivity contribution in [2.45, 2.75) is 11.9 Å². The minimum absolute atomic E-state index is 0.0520. The van der Waals surface area contributed by atoms with Crippen LogP contribution >= 0.6 is 11.6 Å². The molecule has 0 aromatic rings. The van der Waals surface area contributed by atoms with Gasteiger partial charge in [0.15, 0.2) is 0 Å². The summed E-state index contributed by atoms with van der Waals surface area (Å²) < 4.78 is 0. The smallest absolute Gasteiger partial charge is 0.108 e. The summed E-state index contributed by atoms with van der Waals surface area (Å²) >= 11 is 5.94. The van der Waals surface area contributed by atoms with Gasteiger partial charge in [-0.05, 0) is 12.5 Å². The molecule has 0 amide bonds. The van der Waals surface area contributed by atoms with Gasteiger partial charge in [-0.2, -0.15) is 0 Å². The van der Waals surface area contributed by atoms with E-state index in [1.165, 1.54) is 5.70 Å². The second kappa shape index (κ2) is 2.29. The van der Waals surface area contributed by atoms with Crippen molar-refractivity contribution in [3.05, 3.63) is 23.9 Å². The summed E-state index contributed by atoms with van der Waals surface area (Å²) in [7, 11) is 0. The summed E-state index contributed by atoms with van der Waals surface area (Å²) in [5, 5.41) is 0. The zero-order chi connectivity index (χ0) is 6.97. The number of hydrazine groups is 1. The Morgan fingerprint density at radius 1 is 1.60 bits per heavy atom. The number of halogens is 1. The number of hydrogen-bond acceptors (Lipinski definition) is 2. The maximum atomic E-state index is 5.94. The molecule has 0 spiro atoms. The van der Waals surface area contributed by atoms with Crippen molar-refractivity contribution in [3.8, 4) is 0 Å². The first-order valence-corrected chi connectivity index (χ1v) is 3.84. The van der Waals surface area contributed by atoms with Gasteiger partial charge in [-0.25, -0.2) is 5.43 Å². The summed E-state index contributed by atoms with van der Waals surface area (Å²) in [4.78, 5) is 0. The number of allylic oxidation sites excluding steroid dienone is 3. The number of rotatable bonds is 0. The van der Waals surface area contributed by atoms with Crippen molar-refractivity contribution in [2.24, 2.45) is 5.92 Å². The minimum atomic E-state index is 0.0520. The van der Waals surface area contributed by atoms with Crippen molar-refractivity contribution in [2.75, 3.05) is 0 Å². The van der Waals surface area contributed by atoms with Crippen LogP contribution in [0, 0.1) is 5.92 Å². The molecule has 3 heteroatoms. The average molecular weight is 157 g/mol. The highest BCUT2D eigenvalue weighted by Crippen LogP contribution is 2.27. The zero-order valence-corrected chi connectivity index (χ0v) is 6.23. The van der Waals surface area contributed by atoms with Crippen molar-refractivity contribution >= 4 is 11.6 Å². The van der Waals surface area contributed by atoms with Crippen LogP contribution in [0.5, 0.6) is 0 Å². The van der Waals surface area contributed by atoms with Gasteiger partial charge in [0.1, 0.15) is 5.50 Å². The Morgan fingerprint density at radius 2 is 2.50 bits per heavy atom. The lowest BCUT2D eigenvalue weighted by atomic mass is 9.99. The van der Waals surface area contributed by atoms with Gasteiger partial charge in [0.05, 0.1) is 0 Å². The topological polar surface area (TPSA) is 24.1 Å². The van der Waals surface area contributed by atoms with Crippen LogP contribution in [0.4, 0.5) is 0 Å². The van der Waals surface area contributed by atoms with E-state index in [1.807, 2.05) is 0 Å². The van der Waals surface area contributed by atoms with Crippen molar-refractivity contribution < 1.29 is 0 Å². The number of nitrogens with one attached hydrogen (secondary N) is 2. The van der Waals surface area contributed by atoms with Crippen LogP contribution in [-0.2, 0) is 0 Å². The molecule has 0 saturated carbocycles. The lowest BCUT2D eigenvalue weighted by Gasteiger charge is -2.12. The third kappa shape index (κ3) is 0.842. The highest BCUT2D eigenvalue weighted by atomic mass is 35.5. The molecule has 1 fully saturated rings. The average Bonchev–Trinajstić information content (AvgIpc) is 2.34. The van der Waals surface area contributed by atoms with Gasteiger partial charge in [0.2, 0.25) is 0 Å². The molecule has 1 aliphatic heterocycles. The van der Waals surface area contributed by atoms with E-state index >= 15 is 0 Å². The summed E-state index contributed by atoms with van der Waals surface area (Å²) in [5.41, 5.74) is 7.27. The van der Waals surface area contributed by atoms with E-state index in [-0.39, 0.29) is 5.50 Å². The van der Waals surface area contributed by atoms with Crippen LogP contribution in [0.1, 0.15) is 6.42 Å². The quantitative estimate of drug-likeness (QED) is 0.406. The van der Waals surface area contributed by atoms with Crippen molar-refractivity contribution in [3.63, 3.8) is 0 Å². The fourth-order valence-corrected chi connectivity index (χ4v) is 1.60. The monoisotopic (exact) mass is 156 g/mol. The molecular formula is C7H9ClN2. The highest BCUT2D eigenvalue weighted by Gasteiger charge is 2.29. The summed E-state index contributed by atoms with van der Waals surface area (Å²) in [6.07, 6.45) is 7.29. The molecule has 1 heterocycles. The predicted molar refractivity (Wildman–Crippen MR) is 41.2 cm³/mol. The number of hydrogen-bond donors (Lipinski definition) is 2. The highest BCUT2D eigenvalue weighted by molar-refractivity contribution is 6.20. The molecule has 1 saturated heterocycles. The SMILES string of the molecule is ClC1NNC2=CC=CCC21. The molecular weight excluding hydrogens is 148 g/mol. The van der Waals surface area contributed by atoms with E-state index in [0.717, 1.165) is 6.42 Å². The van der Waals surface area contributed by atoms with E-state index in [0.29, 0.717) is 5.92 Å². The fraction of sp³-hybridized carbons (Fsp3) is 0.429. The van der Waals surface area contributed by atoms with Crippen LogP contribution in [0.25, 0.3) is 0 Å². The number of fused-ring (bicyclic) bond motifs is 1. The van der Waals surface area contributed by atoms with E-state index < -0.39 is 0 Å². The van der Waals surface area contributed by atoms with Crippen molar-refractivity contribution in [1.29, 1.82) is 0 Å². The van der Waals surface area contributed by atoms with Crippen LogP contribution in [0.15, 0.2) is 23.9 Å². The normalized spacial score (nSPS) is 36.7. The number of alkyl halides is 1. The molecule has 0 aromatic heterocycles. The molecule has 2 unspecified atom stereocenters. The molecule has 2 nitrogen and oxygen atoms in total. The zero-order valence-electron chi connectivity index (χ0n) is 5.47. The first-order chi connectivity index (χ1) is 4.88. The largest absolute Gasteiger partial charge is 0.324 e. The molecule has 0 aromatic carbocycles. The standard InChI is InChI=1S/C7H9ClN2/c8-7-5-3-1-2-4-6(5)9-10-7/h1-2,4-5,7,9-10H,3H2. The van der Waals surface area contributed by atoms with Gasteiger partial charge in [0, 0.05) is 11.6 Å². The summed E-state index contributed by atoms with van der Waals surface area (Å²) in [6, 6.07) is 0. The fourth-order valence-electron chi connectivity index (χ4n) is 1.31. The first-order valence-electron chi connectivity index (χ1n) is 3.40. The molecule has 54 valence electrons. The predicted octanol–water partition coefficient (Wildman–Crippen LogP) is 1.12. The molecule has 2 rings (SSSR count). The molecule has 0 radical (unpaired) electrons. The Kier molecular flexibility index (Phi) is 1.43. The van der Waals surface area contributed by atoms with Gasteiger partial charge in [-0.1, -0.05) is 12.2 Å². The Bertz CT molecular complexity index is 198. The Hall–Kier alpha value is -0.470. The first kappa shape index (κ1) is 6.25. The Morgan fingerprint density at radius 3 is 3.30 bits per heavy atom. The van der Waals surface area contributed by atoms with Gasteiger partial charge < -0.3 is 5.43 Å². The lowest BCUT2D eigenvalue weighted by Crippen LogP contribution is -2.26. The van der Waals surface area contributed by atoms with Crippen LogP contribution in [0.2, 0.25) is 0 Å². The van der Waals surface area contributed by atoms with Gasteiger partial charge in [0.25, 0.3) is 0 Å². The van der Waals surface area contributed by atoms with E-state index in [1.54, 1.807) is 0 Å². The van der Waals surface area contributed by atoms with Gasteiger partial charge in [-0.3, -0.25) is 0 Å². The van der Waals surface area contributed by atoms with E-state index in [4.69, 9.17) is 11.6 Å². The van der Waals surface area contributed by atoms with Gasteiger partial charge >= 0.3 is 0 Å². The maximum absolute atomic E-state index is 5.94. The molecule has 2 atom stereocenters. The molecule has 2 aliphatic rings. The summed E-state index contributed by atoms with van der Waals surface area (Å²) in [5.74, 6) is 0.451. The molecule has 2 N–H and O–H groups in total. The van der Waals surface area contributed by atoms with E-state index in [2.05, 4.69) is 29.1 Å². The van der Waals surface area contributed by atoms with Crippen LogP contribution < -0.4 is 10.9 Å². The van der Waals surface area contributed by atoms with Gasteiger partial charge in [-0.15, -0.1) is 11.6 Å². The third-order valence-corrected chi connectivity index (χ3v) is 2.32. The van der Waals surface area contributed by atoms with Crippen LogP contribution in [-0.4, -0.2) is 5.50 Å². The summed E-state index contributed by atoms with van der Waals surface area (Å²) in [6.45, 7) is 0. The maximum Gasteiger partial charge on any atom is 0.108 e. The minimum Gasteiger partial charge on any atom is -0.324 e. The molecule has 1 aliphatic carbocycles. The lowest BCUT2D eigenvalue weighted by molar-refractivity contribution is 0.597. The molecule has 10 heavy (non-hydrogen) atoms. The Labute approximate surface area is 64.9 Å².